The van der Waals surface area contributed by atoms with Crippen LogP contribution in [0.25, 0.3) is 0 Å². The Kier molecular flexibility index (Phi) is 7.21. The summed E-state index contributed by atoms with van der Waals surface area (Å²) in [6.07, 6.45) is 3.15. The van der Waals surface area contributed by atoms with E-state index in [1.807, 2.05) is 6.92 Å². The summed E-state index contributed by atoms with van der Waals surface area (Å²) in [6, 6.07) is 6.97. The van der Waals surface area contributed by atoms with Crippen molar-refractivity contribution in [3.63, 3.8) is 0 Å². The first-order valence-electron chi connectivity index (χ1n) is 10.5. The molecule has 1 aromatic carbocycles. The molecule has 1 aliphatic heterocycles. The van der Waals surface area contributed by atoms with E-state index in [0.29, 0.717) is 36.7 Å². The summed E-state index contributed by atoms with van der Waals surface area (Å²) >= 11 is 0. The van der Waals surface area contributed by atoms with E-state index in [0.717, 1.165) is 42.7 Å². The Morgan fingerprint density at radius 1 is 1.07 bits per heavy atom. The number of hydrogen-bond acceptors (Lipinski definition) is 5. The van der Waals surface area contributed by atoms with Crippen LogP contribution in [0.4, 0.5) is 0 Å². The third kappa shape index (κ3) is 4.53. The van der Waals surface area contributed by atoms with E-state index in [9.17, 15) is 9.59 Å². The van der Waals surface area contributed by atoms with Gasteiger partial charge in [0.05, 0.1) is 16.8 Å². The van der Waals surface area contributed by atoms with Gasteiger partial charge in [0.15, 0.2) is 5.96 Å². The average Bonchev–Trinajstić information content (AvgIpc) is 3.29. The number of nitrogens with one attached hydrogen (secondary N) is 2. The minimum atomic E-state index is -0.201. The molecule has 0 saturated carbocycles. The van der Waals surface area contributed by atoms with Crippen molar-refractivity contribution in [1.29, 1.82) is 0 Å². The van der Waals surface area contributed by atoms with E-state index < -0.39 is 0 Å². The fourth-order valence-electron chi connectivity index (χ4n) is 3.57. The summed E-state index contributed by atoms with van der Waals surface area (Å²) in [7, 11) is 1.73. The molecule has 2 N–H and O–H groups in total. The summed E-state index contributed by atoms with van der Waals surface area (Å²) in [4.78, 5) is 30.3. The maximum atomic E-state index is 12.4. The Bertz CT molecular complexity index is 878. The summed E-state index contributed by atoms with van der Waals surface area (Å²) in [5, 5.41) is 10.7. The Morgan fingerprint density at radius 2 is 1.77 bits per heavy atom. The van der Waals surface area contributed by atoms with E-state index in [1.165, 1.54) is 4.90 Å². The van der Waals surface area contributed by atoms with Crippen LogP contribution in [-0.2, 0) is 19.4 Å². The molecule has 2 heterocycles. The molecule has 1 aromatic heterocycles. The standard InChI is InChI=1S/C22H29N5O3/c1-4-18-17(19(5-2)30-26-18)14-25-22(23-3)24-12-8-9-13-27-20(28)15-10-6-7-11-16(15)21(27)29/h6-7,10-11H,4-5,8-9,12-14H2,1-3H3,(H2,23,24,25). The van der Waals surface area contributed by atoms with Gasteiger partial charge < -0.3 is 15.2 Å². The van der Waals surface area contributed by atoms with Crippen molar-refractivity contribution in [2.45, 2.75) is 46.1 Å². The molecule has 160 valence electrons. The van der Waals surface area contributed by atoms with E-state index >= 15 is 0 Å². The van der Waals surface area contributed by atoms with Crippen molar-refractivity contribution in [3.05, 3.63) is 52.4 Å². The predicted molar refractivity (Wildman–Crippen MR) is 115 cm³/mol. The number of carbonyl (C=O) groups excluding carboxylic acids is 2. The lowest BCUT2D eigenvalue weighted by atomic mass is 10.1. The number of fused-ring (bicyclic) bond motifs is 1. The number of nitrogens with zero attached hydrogens (tertiary/aromatic N) is 3. The van der Waals surface area contributed by atoms with Crippen molar-refractivity contribution < 1.29 is 14.1 Å². The van der Waals surface area contributed by atoms with Crippen LogP contribution in [0.5, 0.6) is 0 Å². The van der Waals surface area contributed by atoms with Gasteiger partial charge in [-0.25, -0.2) is 0 Å². The molecule has 0 fully saturated rings. The number of rotatable bonds is 9. The van der Waals surface area contributed by atoms with Gasteiger partial charge in [-0.15, -0.1) is 0 Å². The molecule has 0 spiro atoms. The fourth-order valence-corrected chi connectivity index (χ4v) is 3.57. The molecule has 0 aliphatic carbocycles. The average molecular weight is 412 g/mol. The molecule has 2 aromatic rings. The lowest BCUT2D eigenvalue weighted by molar-refractivity contribution is 0.0652. The van der Waals surface area contributed by atoms with Crippen LogP contribution in [0.1, 0.15) is 64.4 Å². The lowest BCUT2D eigenvalue weighted by Crippen LogP contribution is -2.38. The Morgan fingerprint density at radius 3 is 2.37 bits per heavy atom. The summed E-state index contributed by atoms with van der Waals surface area (Å²) < 4.78 is 5.39. The van der Waals surface area contributed by atoms with Crippen molar-refractivity contribution in [3.8, 4) is 0 Å². The number of unbranched alkanes of at least 4 members (excludes halogenated alkanes) is 1. The number of benzene rings is 1. The minimum absolute atomic E-state index is 0.201. The molecule has 3 rings (SSSR count). The van der Waals surface area contributed by atoms with Crippen molar-refractivity contribution in [2.24, 2.45) is 4.99 Å². The van der Waals surface area contributed by atoms with Gasteiger partial charge in [-0.05, 0) is 31.4 Å². The van der Waals surface area contributed by atoms with Gasteiger partial charge in [0, 0.05) is 38.7 Å². The number of guanidine groups is 1. The van der Waals surface area contributed by atoms with Crippen LogP contribution in [0.3, 0.4) is 0 Å². The van der Waals surface area contributed by atoms with Crippen molar-refractivity contribution in [2.75, 3.05) is 20.1 Å². The molecular formula is C22H29N5O3. The molecule has 0 bridgehead atoms. The van der Waals surface area contributed by atoms with Gasteiger partial charge in [-0.3, -0.25) is 19.5 Å². The zero-order valence-corrected chi connectivity index (χ0v) is 17.8. The van der Waals surface area contributed by atoms with Crippen molar-refractivity contribution in [1.82, 2.24) is 20.7 Å². The van der Waals surface area contributed by atoms with Crippen LogP contribution in [-0.4, -0.2) is 48.0 Å². The quantitative estimate of drug-likeness (QED) is 0.285. The monoisotopic (exact) mass is 411 g/mol. The second kappa shape index (κ2) is 10.0. The van der Waals surface area contributed by atoms with E-state index in [4.69, 9.17) is 4.52 Å². The smallest absolute Gasteiger partial charge is 0.261 e. The molecule has 2 amide bonds. The van der Waals surface area contributed by atoms with Crippen LogP contribution in [0.2, 0.25) is 0 Å². The van der Waals surface area contributed by atoms with E-state index in [-0.39, 0.29) is 11.8 Å². The molecule has 30 heavy (non-hydrogen) atoms. The maximum absolute atomic E-state index is 12.4. The van der Waals surface area contributed by atoms with Gasteiger partial charge >= 0.3 is 0 Å². The Balaban J connectivity index is 1.41. The number of imide groups is 1. The van der Waals surface area contributed by atoms with Gasteiger partial charge in [-0.2, -0.15) is 0 Å². The highest BCUT2D eigenvalue weighted by Gasteiger charge is 2.34. The molecule has 8 heteroatoms. The number of aliphatic imine (C=N–C) groups is 1. The molecular weight excluding hydrogens is 382 g/mol. The van der Waals surface area contributed by atoms with Crippen LogP contribution < -0.4 is 10.6 Å². The zero-order chi connectivity index (χ0) is 21.5. The summed E-state index contributed by atoms with van der Waals surface area (Å²) in [5.41, 5.74) is 3.05. The Labute approximate surface area is 176 Å². The maximum Gasteiger partial charge on any atom is 0.261 e. The third-order valence-electron chi connectivity index (χ3n) is 5.24. The van der Waals surface area contributed by atoms with Gasteiger partial charge in [0.1, 0.15) is 5.76 Å². The largest absolute Gasteiger partial charge is 0.361 e. The van der Waals surface area contributed by atoms with Gasteiger partial charge in [0.25, 0.3) is 11.8 Å². The van der Waals surface area contributed by atoms with E-state index in [2.05, 4.69) is 27.7 Å². The van der Waals surface area contributed by atoms with Gasteiger partial charge in [0.2, 0.25) is 0 Å². The SMILES string of the molecule is CCc1noc(CC)c1CNC(=NC)NCCCCN1C(=O)c2ccccc2C1=O. The number of carbonyl (C=O) groups is 2. The first-order valence-corrected chi connectivity index (χ1v) is 10.5. The minimum Gasteiger partial charge on any atom is -0.361 e. The number of amides is 2. The molecule has 0 atom stereocenters. The molecule has 0 saturated heterocycles. The second-order valence-corrected chi connectivity index (χ2v) is 7.11. The van der Waals surface area contributed by atoms with Gasteiger partial charge in [-0.1, -0.05) is 31.1 Å². The van der Waals surface area contributed by atoms with Crippen LogP contribution in [0.15, 0.2) is 33.8 Å². The molecule has 0 radical (unpaired) electrons. The van der Waals surface area contributed by atoms with Crippen LogP contribution >= 0.6 is 0 Å². The topological polar surface area (TPSA) is 99.8 Å². The van der Waals surface area contributed by atoms with E-state index in [1.54, 1.807) is 31.3 Å². The van der Waals surface area contributed by atoms with Crippen molar-refractivity contribution >= 4 is 17.8 Å². The molecule has 1 aliphatic rings. The first-order chi connectivity index (χ1) is 14.6. The van der Waals surface area contributed by atoms with Crippen LogP contribution in [0, 0.1) is 0 Å². The summed E-state index contributed by atoms with van der Waals surface area (Å²) in [5.74, 6) is 1.19. The second-order valence-electron chi connectivity index (χ2n) is 7.11. The highest BCUT2D eigenvalue weighted by molar-refractivity contribution is 6.21. The third-order valence-corrected chi connectivity index (χ3v) is 5.24. The zero-order valence-electron chi connectivity index (χ0n) is 17.8. The number of aromatic nitrogens is 1. The molecule has 8 nitrogen and oxygen atoms in total. The number of aryl methyl sites for hydroxylation is 2. The normalized spacial score (nSPS) is 13.7. The summed E-state index contributed by atoms with van der Waals surface area (Å²) in [6.45, 7) is 5.81. The lowest BCUT2D eigenvalue weighted by Gasteiger charge is -2.15. The predicted octanol–water partition coefficient (Wildman–Crippen LogP) is 2.54. The Hall–Kier alpha value is -3.16. The highest BCUT2D eigenvalue weighted by atomic mass is 16.5. The first kappa shape index (κ1) is 21.5. The fraction of sp³-hybridized carbons (Fsp3) is 0.455. The highest BCUT2D eigenvalue weighted by Crippen LogP contribution is 2.22. The molecule has 0 unspecified atom stereocenters. The number of hydrogen-bond donors (Lipinski definition) is 2.